The highest BCUT2D eigenvalue weighted by molar-refractivity contribution is 7.89. The molecule has 1 saturated heterocycles. The fourth-order valence-electron chi connectivity index (χ4n) is 2.83. The van der Waals surface area contributed by atoms with Crippen molar-refractivity contribution < 1.29 is 22.7 Å². The molecule has 1 aliphatic rings. The minimum Gasteiger partial charge on any atom is -0.496 e. The van der Waals surface area contributed by atoms with Crippen molar-refractivity contribution in [3.05, 3.63) is 42.0 Å². The molecule has 8 heteroatoms. The third-order valence-electron chi connectivity index (χ3n) is 4.40. The molecule has 0 unspecified atom stereocenters. The van der Waals surface area contributed by atoms with Crippen LogP contribution in [0.1, 0.15) is 15.9 Å². The fraction of sp³-hybridized carbons (Fsp3) is 0.500. The van der Waals surface area contributed by atoms with E-state index in [4.69, 9.17) is 9.47 Å². The van der Waals surface area contributed by atoms with Gasteiger partial charge in [0.05, 0.1) is 32.1 Å². The Bertz CT molecular complexity index is 761. The number of methoxy groups -OCH3 is 1. The smallest absolute Gasteiger partial charge is 0.251 e. The average molecular weight is 382 g/mol. The number of hydrogen-bond donors (Lipinski definition) is 1. The molecule has 1 aromatic rings. The summed E-state index contributed by atoms with van der Waals surface area (Å²) in [6.07, 6.45) is 2.33. The van der Waals surface area contributed by atoms with E-state index in [0.717, 1.165) is 5.56 Å². The maximum atomic E-state index is 12.6. The van der Waals surface area contributed by atoms with Gasteiger partial charge in [0.15, 0.2) is 0 Å². The van der Waals surface area contributed by atoms with Crippen LogP contribution in [0.4, 0.5) is 0 Å². The number of carbonyl (C=O) groups is 1. The molecule has 1 amide bonds. The molecule has 0 bridgehead atoms. The standard InChI is InChI=1S/C18H26N2O5S/c1-5-6-13-9-14(7-8-17(13)24-4)18(21)19-16-11-25-10-15(16)12-26(22,23)20(2)3/h5,7-9,15-16H,1,6,10-12H2,2-4H3,(H,19,21)/t15-,16+/m0/s1. The van der Waals surface area contributed by atoms with Crippen LogP contribution in [0.3, 0.4) is 0 Å². The summed E-state index contributed by atoms with van der Waals surface area (Å²) < 4.78 is 36.1. The first-order valence-corrected chi connectivity index (χ1v) is 9.96. The van der Waals surface area contributed by atoms with Gasteiger partial charge in [-0.3, -0.25) is 4.79 Å². The Morgan fingerprint density at radius 2 is 2.15 bits per heavy atom. The van der Waals surface area contributed by atoms with Crippen LogP contribution >= 0.6 is 0 Å². The summed E-state index contributed by atoms with van der Waals surface area (Å²) in [5.41, 5.74) is 1.35. The molecular weight excluding hydrogens is 356 g/mol. The van der Waals surface area contributed by atoms with Gasteiger partial charge in [-0.05, 0) is 30.2 Å². The van der Waals surface area contributed by atoms with Gasteiger partial charge in [-0.25, -0.2) is 12.7 Å². The van der Waals surface area contributed by atoms with E-state index in [1.165, 1.54) is 18.4 Å². The first-order chi connectivity index (χ1) is 12.3. The van der Waals surface area contributed by atoms with Crippen LogP contribution in [0.5, 0.6) is 5.75 Å². The molecule has 0 radical (unpaired) electrons. The van der Waals surface area contributed by atoms with Crippen molar-refractivity contribution in [3.8, 4) is 5.75 Å². The minimum atomic E-state index is -3.36. The highest BCUT2D eigenvalue weighted by Crippen LogP contribution is 2.22. The van der Waals surface area contributed by atoms with E-state index in [2.05, 4.69) is 11.9 Å². The molecule has 2 rings (SSSR count). The Labute approximate surface area is 155 Å². The van der Waals surface area contributed by atoms with Crippen molar-refractivity contribution in [2.75, 3.05) is 40.2 Å². The second-order valence-electron chi connectivity index (χ2n) is 6.46. The van der Waals surface area contributed by atoms with Gasteiger partial charge in [-0.15, -0.1) is 6.58 Å². The highest BCUT2D eigenvalue weighted by Gasteiger charge is 2.34. The van der Waals surface area contributed by atoms with E-state index >= 15 is 0 Å². The Morgan fingerprint density at radius 3 is 2.77 bits per heavy atom. The molecule has 1 aromatic carbocycles. The third-order valence-corrected chi connectivity index (χ3v) is 6.36. The summed E-state index contributed by atoms with van der Waals surface area (Å²) in [4.78, 5) is 12.6. The first-order valence-electron chi connectivity index (χ1n) is 8.35. The summed E-state index contributed by atoms with van der Waals surface area (Å²) in [5, 5.41) is 2.90. The van der Waals surface area contributed by atoms with Crippen LogP contribution in [-0.2, 0) is 21.2 Å². The predicted molar refractivity (Wildman–Crippen MR) is 99.9 cm³/mol. The maximum absolute atomic E-state index is 12.6. The van der Waals surface area contributed by atoms with Crippen LogP contribution in [-0.4, -0.2) is 64.8 Å². The lowest BCUT2D eigenvalue weighted by molar-refractivity contribution is 0.0926. The van der Waals surface area contributed by atoms with Crippen molar-refractivity contribution >= 4 is 15.9 Å². The highest BCUT2D eigenvalue weighted by atomic mass is 32.2. The Balaban J connectivity index is 2.11. The Hall–Kier alpha value is -1.90. The molecule has 0 saturated carbocycles. The summed E-state index contributed by atoms with van der Waals surface area (Å²) in [7, 11) is 1.21. The zero-order valence-corrected chi connectivity index (χ0v) is 16.2. The number of allylic oxidation sites excluding steroid dienone is 1. The molecule has 0 spiro atoms. The van der Waals surface area contributed by atoms with E-state index in [1.807, 2.05) is 0 Å². The molecule has 1 fully saturated rings. The lowest BCUT2D eigenvalue weighted by atomic mass is 10.0. The fourth-order valence-corrected chi connectivity index (χ4v) is 4.00. The maximum Gasteiger partial charge on any atom is 0.251 e. The Kier molecular flexibility index (Phi) is 6.80. The molecule has 1 heterocycles. The van der Waals surface area contributed by atoms with Crippen LogP contribution in [0.15, 0.2) is 30.9 Å². The lowest BCUT2D eigenvalue weighted by Crippen LogP contribution is -2.43. The van der Waals surface area contributed by atoms with Crippen LogP contribution in [0.2, 0.25) is 0 Å². The molecular formula is C18H26N2O5S. The molecule has 2 atom stereocenters. The van der Waals surface area contributed by atoms with Crippen LogP contribution < -0.4 is 10.1 Å². The number of carbonyl (C=O) groups excluding carboxylic acids is 1. The van der Waals surface area contributed by atoms with Gasteiger partial charge in [0.25, 0.3) is 5.91 Å². The number of nitrogens with zero attached hydrogens (tertiary/aromatic N) is 1. The van der Waals surface area contributed by atoms with Crippen molar-refractivity contribution in [3.63, 3.8) is 0 Å². The number of sulfonamides is 1. The van der Waals surface area contributed by atoms with Gasteiger partial charge in [0, 0.05) is 25.6 Å². The van der Waals surface area contributed by atoms with E-state index < -0.39 is 10.0 Å². The number of nitrogens with one attached hydrogen (secondary N) is 1. The van der Waals surface area contributed by atoms with E-state index in [0.29, 0.717) is 30.9 Å². The van der Waals surface area contributed by atoms with Crippen LogP contribution in [0.25, 0.3) is 0 Å². The number of ether oxygens (including phenoxy) is 2. The number of benzene rings is 1. The zero-order valence-electron chi connectivity index (χ0n) is 15.4. The summed E-state index contributed by atoms with van der Waals surface area (Å²) in [6, 6.07) is 4.84. The van der Waals surface area contributed by atoms with Crippen LogP contribution in [0, 0.1) is 5.92 Å². The molecule has 0 aliphatic carbocycles. The molecule has 1 N–H and O–H groups in total. The summed E-state index contributed by atoms with van der Waals surface area (Å²) in [5.74, 6) is 0.0912. The van der Waals surface area contributed by atoms with Crippen molar-refractivity contribution in [1.82, 2.24) is 9.62 Å². The summed E-state index contributed by atoms with van der Waals surface area (Å²) in [6.45, 7) is 4.32. The molecule has 144 valence electrons. The SMILES string of the molecule is C=CCc1cc(C(=O)N[C@@H]2COC[C@H]2CS(=O)(=O)N(C)C)ccc1OC. The normalized spacial score (nSPS) is 20.2. The van der Waals surface area contributed by atoms with E-state index in [1.54, 1.807) is 31.4 Å². The van der Waals surface area contributed by atoms with E-state index in [-0.39, 0.29) is 23.6 Å². The van der Waals surface area contributed by atoms with Gasteiger partial charge < -0.3 is 14.8 Å². The minimum absolute atomic E-state index is 0.0602. The number of hydrogen-bond acceptors (Lipinski definition) is 5. The topological polar surface area (TPSA) is 84.9 Å². The first kappa shape index (κ1) is 20.4. The number of amides is 1. The second-order valence-corrected chi connectivity index (χ2v) is 8.69. The van der Waals surface area contributed by atoms with Gasteiger partial charge in [-0.2, -0.15) is 0 Å². The summed E-state index contributed by atoms with van der Waals surface area (Å²) >= 11 is 0. The number of rotatable bonds is 8. The molecule has 26 heavy (non-hydrogen) atoms. The molecule has 7 nitrogen and oxygen atoms in total. The molecule has 0 aromatic heterocycles. The lowest BCUT2D eigenvalue weighted by Gasteiger charge is -2.21. The largest absolute Gasteiger partial charge is 0.496 e. The van der Waals surface area contributed by atoms with Gasteiger partial charge in [0.2, 0.25) is 10.0 Å². The van der Waals surface area contributed by atoms with Gasteiger partial charge in [0.1, 0.15) is 5.75 Å². The predicted octanol–water partition coefficient (Wildman–Crippen LogP) is 1.06. The third kappa shape index (κ3) is 4.84. The van der Waals surface area contributed by atoms with Gasteiger partial charge in [-0.1, -0.05) is 6.08 Å². The quantitative estimate of drug-likeness (QED) is 0.680. The molecule has 1 aliphatic heterocycles. The van der Waals surface area contributed by atoms with Crippen molar-refractivity contribution in [2.24, 2.45) is 5.92 Å². The average Bonchev–Trinajstić information content (AvgIpc) is 3.01. The van der Waals surface area contributed by atoms with Crippen molar-refractivity contribution in [1.29, 1.82) is 0 Å². The Morgan fingerprint density at radius 1 is 1.42 bits per heavy atom. The second kappa shape index (κ2) is 8.66. The zero-order chi connectivity index (χ0) is 19.3. The monoisotopic (exact) mass is 382 g/mol. The van der Waals surface area contributed by atoms with Crippen molar-refractivity contribution in [2.45, 2.75) is 12.5 Å². The van der Waals surface area contributed by atoms with Gasteiger partial charge >= 0.3 is 0 Å². The van der Waals surface area contributed by atoms with E-state index in [9.17, 15) is 13.2 Å².